The van der Waals surface area contributed by atoms with Crippen LogP contribution in [-0.2, 0) is 14.6 Å². The maximum Gasteiger partial charge on any atom is 0.230 e. The number of benzene rings is 2. The van der Waals surface area contributed by atoms with Crippen molar-refractivity contribution >= 4 is 19.7 Å². The quantitative estimate of drug-likeness (QED) is 0.782. The van der Waals surface area contributed by atoms with E-state index in [9.17, 15) is 8.42 Å². The first-order chi connectivity index (χ1) is 9.92. The lowest BCUT2D eigenvalue weighted by Gasteiger charge is -2.09. The molecule has 5 heteroatoms. The molecule has 0 atom stereocenters. The SMILES string of the molecule is COc1cc(C)ccc1CSS(=O)(=O)c1ccc(C)cc1. The lowest BCUT2D eigenvalue weighted by molar-refractivity contribution is 0.411. The van der Waals surface area contributed by atoms with Gasteiger partial charge in [-0.05, 0) is 48.4 Å². The fourth-order valence-electron chi connectivity index (χ4n) is 1.89. The average Bonchev–Trinajstić information content (AvgIpc) is 2.46. The molecule has 0 radical (unpaired) electrons. The summed E-state index contributed by atoms with van der Waals surface area (Å²) in [6.45, 7) is 3.91. The minimum Gasteiger partial charge on any atom is -0.496 e. The van der Waals surface area contributed by atoms with E-state index in [4.69, 9.17) is 4.74 Å². The molecular weight excluding hydrogens is 304 g/mol. The number of aryl methyl sites for hydroxylation is 2. The van der Waals surface area contributed by atoms with Crippen molar-refractivity contribution in [1.29, 1.82) is 0 Å². The molecular formula is C16H18O3S2. The normalized spacial score (nSPS) is 11.4. The molecule has 0 aliphatic carbocycles. The fraction of sp³-hybridized carbons (Fsp3) is 0.250. The van der Waals surface area contributed by atoms with E-state index >= 15 is 0 Å². The van der Waals surface area contributed by atoms with E-state index in [1.165, 1.54) is 0 Å². The average molecular weight is 322 g/mol. The van der Waals surface area contributed by atoms with Gasteiger partial charge in [-0.15, -0.1) is 0 Å². The second-order valence-electron chi connectivity index (χ2n) is 4.84. The van der Waals surface area contributed by atoms with E-state index in [1.54, 1.807) is 31.4 Å². The smallest absolute Gasteiger partial charge is 0.230 e. The second kappa shape index (κ2) is 6.54. The van der Waals surface area contributed by atoms with Gasteiger partial charge in [-0.3, -0.25) is 0 Å². The van der Waals surface area contributed by atoms with Gasteiger partial charge in [0.15, 0.2) is 0 Å². The van der Waals surface area contributed by atoms with Crippen LogP contribution in [0.1, 0.15) is 16.7 Å². The van der Waals surface area contributed by atoms with Crippen molar-refractivity contribution in [2.24, 2.45) is 0 Å². The van der Waals surface area contributed by atoms with Gasteiger partial charge in [0.25, 0.3) is 0 Å². The van der Waals surface area contributed by atoms with Gasteiger partial charge in [0.05, 0.1) is 12.0 Å². The van der Waals surface area contributed by atoms with Crippen molar-refractivity contribution in [2.75, 3.05) is 7.11 Å². The summed E-state index contributed by atoms with van der Waals surface area (Å²) in [5.74, 6) is 1.08. The third-order valence-corrected chi connectivity index (χ3v) is 6.57. The molecule has 21 heavy (non-hydrogen) atoms. The zero-order valence-electron chi connectivity index (χ0n) is 12.3. The molecule has 2 rings (SSSR count). The highest BCUT2D eigenvalue weighted by Gasteiger charge is 2.16. The molecule has 0 amide bonds. The van der Waals surface area contributed by atoms with Crippen LogP contribution in [0, 0.1) is 13.8 Å². The number of ether oxygens (including phenoxy) is 1. The molecule has 3 nitrogen and oxygen atoms in total. The van der Waals surface area contributed by atoms with Crippen LogP contribution in [0.3, 0.4) is 0 Å². The molecule has 0 bridgehead atoms. The van der Waals surface area contributed by atoms with Crippen LogP contribution in [0.2, 0.25) is 0 Å². The molecule has 0 saturated carbocycles. The van der Waals surface area contributed by atoms with E-state index in [0.29, 0.717) is 10.6 Å². The van der Waals surface area contributed by atoms with Crippen molar-refractivity contribution in [3.63, 3.8) is 0 Å². The maximum atomic E-state index is 12.3. The van der Waals surface area contributed by atoms with Gasteiger partial charge in [0, 0.05) is 11.3 Å². The Hall–Kier alpha value is -1.46. The summed E-state index contributed by atoms with van der Waals surface area (Å²) in [6, 6.07) is 12.7. The highest BCUT2D eigenvalue weighted by Crippen LogP contribution is 2.30. The zero-order valence-corrected chi connectivity index (χ0v) is 13.9. The van der Waals surface area contributed by atoms with Crippen molar-refractivity contribution in [3.05, 3.63) is 59.2 Å². The predicted octanol–water partition coefficient (Wildman–Crippen LogP) is 3.93. The highest BCUT2D eigenvalue weighted by molar-refractivity contribution is 8.71. The minimum atomic E-state index is -3.35. The maximum absolute atomic E-state index is 12.3. The van der Waals surface area contributed by atoms with E-state index < -0.39 is 8.87 Å². The topological polar surface area (TPSA) is 43.4 Å². The number of rotatable bonds is 5. The molecule has 2 aromatic carbocycles. The Morgan fingerprint density at radius 2 is 1.62 bits per heavy atom. The van der Waals surface area contributed by atoms with Crippen molar-refractivity contribution in [3.8, 4) is 5.75 Å². The third-order valence-electron chi connectivity index (χ3n) is 3.12. The number of hydrogen-bond donors (Lipinski definition) is 0. The first-order valence-corrected chi connectivity index (χ1v) is 9.50. The van der Waals surface area contributed by atoms with E-state index in [-0.39, 0.29) is 0 Å². The molecule has 0 spiro atoms. The Kier molecular flexibility index (Phi) is 4.96. The third kappa shape index (κ3) is 4.02. The second-order valence-corrected chi connectivity index (χ2v) is 8.77. The summed E-state index contributed by atoms with van der Waals surface area (Å²) in [6.07, 6.45) is 0. The van der Waals surface area contributed by atoms with Gasteiger partial charge < -0.3 is 4.74 Å². The van der Waals surface area contributed by atoms with Crippen LogP contribution in [0.15, 0.2) is 47.4 Å². The first kappa shape index (κ1) is 15.9. The molecule has 2 aromatic rings. The van der Waals surface area contributed by atoms with Crippen LogP contribution in [0.25, 0.3) is 0 Å². The lowest BCUT2D eigenvalue weighted by atomic mass is 10.1. The van der Waals surface area contributed by atoms with Gasteiger partial charge >= 0.3 is 0 Å². The predicted molar refractivity (Wildman–Crippen MR) is 87.4 cm³/mol. The largest absolute Gasteiger partial charge is 0.496 e. The molecule has 0 aromatic heterocycles. The molecule has 0 aliphatic rings. The molecule has 0 saturated heterocycles. The monoisotopic (exact) mass is 322 g/mol. The van der Waals surface area contributed by atoms with Gasteiger partial charge in [-0.25, -0.2) is 8.42 Å². The fourth-order valence-corrected chi connectivity index (χ4v) is 4.60. The number of hydrogen-bond acceptors (Lipinski definition) is 4. The summed E-state index contributed by atoms with van der Waals surface area (Å²) in [7, 11) is -0.836. The molecule has 0 unspecified atom stereocenters. The first-order valence-electron chi connectivity index (χ1n) is 6.52. The standard InChI is InChI=1S/C16H18O3S2/c1-12-5-8-15(9-6-12)21(17,18)20-11-14-7-4-13(2)10-16(14)19-3/h4-10H,11H2,1-3H3. The van der Waals surface area contributed by atoms with Gasteiger partial charge in [-0.1, -0.05) is 29.8 Å². The van der Waals surface area contributed by atoms with Crippen molar-refractivity contribution < 1.29 is 13.2 Å². The van der Waals surface area contributed by atoms with Crippen molar-refractivity contribution in [1.82, 2.24) is 0 Å². The van der Waals surface area contributed by atoms with E-state index in [0.717, 1.165) is 33.2 Å². The van der Waals surface area contributed by atoms with Crippen LogP contribution in [0.4, 0.5) is 0 Å². The summed E-state index contributed by atoms with van der Waals surface area (Å²) in [5, 5.41) is 0. The van der Waals surface area contributed by atoms with Crippen LogP contribution < -0.4 is 4.74 Å². The van der Waals surface area contributed by atoms with Gasteiger partial charge in [0.1, 0.15) is 5.75 Å². The Morgan fingerprint density at radius 3 is 2.24 bits per heavy atom. The van der Waals surface area contributed by atoms with E-state index in [2.05, 4.69) is 0 Å². The summed E-state index contributed by atoms with van der Waals surface area (Å²) in [4.78, 5) is 0.337. The zero-order chi connectivity index (χ0) is 15.5. The molecule has 0 aliphatic heterocycles. The summed E-state index contributed by atoms with van der Waals surface area (Å²) < 4.78 is 29.9. The summed E-state index contributed by atoms with van der Waals surface area (Å²) in [5.41, 5.74) is 3.00. The Labute approximate surface area is 129 Å². The Balaban J connectivity index is 2.17. The molecule has 0 heterocycles. The summed E-state index contributed by atoms with van der Waals surface area (Å²) >= 11 is 0. The minimum absolute atomic E-state index is 0.337. The Bertz CT molecular complexity index is 720. The van der Waals surface area contributed by atoms with Crippen LogP contribution >= 0.6 is 10.8 Å². The van der Waals surface area contributed by atoms with E-state index in [1.807, 2.05) is 32.0 Å². The van der Waals surface area contributed by atoms with Gasteiger partial charge in [0.2, 0.25) is 8.87 Å². The Morgan fingerprint density at radius 1 is 1.00 bits per heavy atom. The lowest BCUT2D eigenvalue weighted by Crippen LogP contribution is -1.98. The van der Waals surface area contributed by atoms with Gasteiger partial charge in [-0.2, -0.15) is 0 Å². The highest BCUT2D eigenvalue weighted by atomic mass is 33.1. The molecule has 0 fully saturated rings. The van der Waals surface area contributed by atoms with Crippen LogP contribution in [0.5, 0.6) is 5.75 Å². The van der Waals surface area contributed by atoms with Crippen molar-refractivity contribution in [2.45, 2.75) is 24.5 Å². The number of methoxy groups -OCH3 is 1. The molecule has 0 N–H and O–H groups in total. The molecule has 112 valence electrons. The van der Waals surface area contributed by atoms with Crippen LogP contribution in [-0.4, -0.2) is 15.5 Å².